The van der Waals surface area contributed by atoms with Crippen molar-refractivity contribution in [3.8, 4) is 5.75 Å². The van der Waals surface area contributed by atoms with Crippen LogP contribution in [0, 0.1) is 5.41 Å². The molecule has 1 aromatic rings. The number of benzene rings is 1. The van der Waals surface area contributed by atoms with Gasteiger partial charge in [0.2, 0.25) is 11.8 Å². The first-order valence-corrected chi connectivity index (χ1v) is 18.2. The van der Waals surface area contributed by atoms with Crippen molar-refractivity contribution in [1.82, 2.24) is 9.80 Å². The molecule has 11 nitrogen and oxygen atoms in total. The van der Waals surface area contributed by atoms with Crippen molar-refractivity contribution in [2.45, 2.75) is 147 Å². The van der Waals surface area contributed by atoms with Gasteiger partial charge in [0.15, 0.2) is 5.41 Å². The lowest BCUT2D eigenvalue weighted by molar-refractivity contribution is -0.255. The van der Waals surface area contributed by atoms with Crippen LogP contribution in [-0.4, -0.2) is 106 Å². The Balaban J connectivity index is 1.45. The molecule has 3 rings (SSSR count). The van der Waals surface area contributed by atoms with E-state index in [1.54, 1.807) is 24.3 Å². The number of amides is 4. The van der Waals surface area contributed by atoms with Crippen molar-refractivity contribution in [3.05, 3.63) is 29.8 Å². The van der Waals surface area contributed by atoms with Crippen molar-refractivity contribution in [3.63, 3.8) is 0 Å². The Kier molecular flexibility index (Phi) is 16.8. The molecule has 0 aromatic heterocycles. The molecule has 48 heavy (non-hydrogen) atoms. The molecule has 0 bridgehead atoms. The van der Waals surface area contributed by atoms with Crippen molar-refractivity contribution in [1.29, 1.82) is 0 Å². The van der Waals surface area contributed by atoms with Gasteiger partial charge in [0.1, 0.15) is 36.3 Å². The molecule has 2 saturated heterocycles. The van der Waals surface area contributed by atoms with Gasteiger partial charge in [-0.15, -0.1) is 0 Å². The molecule has 0 unspecified atom stereocenters. The van der Waals surface area contributed by atoms with Crippen LogP contribution in [0.1, 0.15) is 115 Å². The van der Waals surface area contributed by atoms with Gasteiger partial charge in [-0.3, -0.25) is 19.4 Å². The highest BCUT2D eigenvalue weighted by Crippen LogP contribution is 2.42. The average Bonchev–Trinajstić information content (AvgIpc) is 3.09. The molecule has 0 radical (unpaired) electrons. The van der Waals surface area contributed by atoms with Gasteiger partial charge < -0.3 is 29.9 Å². The van der Waals surface area contributed by atoms with Crippen LogP contribution in [0.5, 0.6) is 5.75 Å². The number of hydrogen-bond donors (Lipinski definition) is 4. The zero-order valence-corrected chi connectivity index (χ0v) is 29.4. The van der Waals surface area contributed by atoms with Crippen molar-refractivity contribution >= 4 is 17.8 Å². The smallest absolute Gasteiger partial charge is 0.332 e. The number of carbonyl (C=O) groups excluding carboxylic acids is 3. The van der Waals surface area contributed by atoms with Crippen LogP contribution in [0.2, 0.25) is 0 Å². The maximum Gasteiger partial charge on any atom is 0.332 e. The van der Waals surface area contributed by atoms with Gasteiger partial charge >= 0.3 is 6.03 Å². The Hall–Kier alpha value is -2.57. The number of nitrogens with zero attached hydrogens (tertiary/aromatic N) is 2. The Morgan fingerprint density at radius 3 is 1.60 bits per heavy atom. The van der Waals surface area contributed by atoms with Crippen LogP contribution in [-0.2, 0) is 20.7 Å². The van der Waals surface area contributed by atoms with E-state index in [0.717, 1.165) is 22.6 Å². The van der Waals surface area contributed by atoms with E-state index in [0.29, 0.717) is 17.9 Å². The molecule has 4 N–H and O–H groups in total. The molecular weight excluding hydrogens is 616 g/mol. The van der Waals surface area contributed by atoms with E-state index in [4.69, 9.17) is 9.47 Å². The standard InChI is InChI=1S/C37H60N2O9/c1-4-5-6-7-8-9-10-11-12-13-14-15-16-17-18-19-24-47-28-22-20-27(21-23-28)25-37(34(44)38(2)36(46)39(3)35(37)45)33-32(43)31(42)30(41)29(26-40)48-33/h20-23,29-33,40-43H,4-19,24-26H2,1-3H3/t29-,30+,31+,32-,33-/m1/s1. The number of aliphatic hydroxyl groups is 4. The van der Waals surface area contributed by atoms with Gasteiger partial charge in [0.05, 0.1) is 13.2 Å². The second kappa shape index (κ2) is 20.2. The minimum atomic E-state index is -2.15. The molecule has 2 aliphatic rings. The van der Waals surface area contributed by atoms with Crippen LogP contribution in [0.3, 0.4) is 0 Å². The van der Waals surface area contributed by atoms with Crippen LogP contribution >= 0.6 is 0 Å². The Bertz CT molecular complexity index is 1100. The van der Waals surface area contributed by atoms with E-state index in [2.05, 4.69) is 6.92 Å². The first-order valence-electron chi connectivity index (χ1n) is 18.2. The molecule has 2 fully saturated rings. The third-order valence-electron chi connectivity index (χ3n) is 10.00. The van der Waals surface area contributed by atoms with E-state index in [9.17, 15) is 34.8 Å². The summed E-state index contributed by atoms with van der Waals surface area (Å²) in [6, 6.07) is 6.03. The molecule has 11 heteroatoms. The number of urea groups is 1. The maximum absolute atomic E-state index is 13.7. The number of hydrogen-bond acceptors (Lipinski definition) is 9. The zero-order valence-electron chi connectivity index (χ0n) is 29.4. The largest absolute Gasteiger partial charge is 0.494 e. The molecule has 0 spiro atoms. The molecule has 272 valence electrons. The summed E-state index contributed by atoms with van der Waals surface area (Å²) in [5.41, 5.74) is -1.62. The van der Waals surface area contributed by atoms with Crippen molar-refractivity contribution < 1.29 is 44.3 Å². The third-order valence-corrected chi connectivity index (χ3v) is 10.00. The van der Waals surface area contributed by atoms with Gasteiger partial charge in [0.25, 0.3) is 0 Å². The molecule has 2 heterocycles. The van der Waals surface area contributed by atoms with Crippen LogP contribution in [0.4, 0.5) is 4.79 Å². The van der Waals surface area contributed by atoms with Gasteiger partial charge in [-0.05, 0) is 30.5 Å². The molecule has 0 aliphatic carbocycles. The topological polar surface area (TPSA) is 157 Å². The summed E-state index contributed by atoms with van der Waals surface area (Å²) >= 11 is 0. The molecule has 5 atom stereocenters. The lowest BCUT2D eigenvalue weighted by atomic mass is 9.69. The molecule has 2 aliphatic heterocycles. The Morgan fingerprint density at radius 2 is 1.15 bits per heavy atom. The second-order valence-corrected chi connectivity index (χ2v) is 13.7. The minimum absolute atomic E-state index is 0.269. The normalized spacial score (nSPS) is 24.4. The summed E-state index contributed by atoms with van der Waals surface area (Å²) in [5.74, 6) is -1.19. The monoisotopic (exact) mass is 676 g/mol. The Labute approximate surface area is 286 Å². The predicted molar refractivity (Wildman–Crippen MR) is 182 cm³/mol. The summed E-state index contributed by atoms with van der Waals surface area (Å²) < 4.78 is 11.7. The van der Waals surface area contributed by atoms with E-state index in [1.807, 2.05) is 0 Å². The fourth-order valence-electron chi connectivity index (χ4n) is 6.96. The number of rotatable bonds is 22. The molecule has 1 aromatic carbocycles. The summed E-state index contributed by atoms with van der Waals surface area (Å²) in [4.78, 5) is 41.6. The van der Waals surface area contributed by atoms with Crippen molar-refractivity contribution in [2.24, 2.45) is 5.41 Å². The second-order valence-electron chi connectivity index (χ2n) is 13.7. The van der Waals surface area contributed by atoms with E-state index in [1.165, 1.54) is 104 Å². The summed E-state index contributed by atoms with van der Waals surface area (Å²) in [5, 5.41) is 41.5. The fourth-order valence-corrected chi connectivity index (χ4v) is 6.96. The highest BCUT2D eigenvalue weighted by Gasteiger charge is 2.65. The first kappa shape index (κ1) is 39.9. The number of carbonyl (C=O) groups is 3. The van der Waals surface area contributed by atoms with E-state index in [-0.39, 0.29) is 6.42 Å². The predicted octanol–water partition coefficient (Wildman–Crippen LogP) is 4.75. The molecule has 0 saturated carbocycles. The summed E-state index contributed by atoms with van der Waals surface area (Å²) in [6.07, 6.45) is 12.2. The SMILES string of the molecule is CCCCCCCCCCCCCCCCCCOc1ccc(CC2([C@@H]3O[C@H](CO)[C@H](O)[C@H](O)[C@H]3O)C(=O)N(C)C(=O)N(C)C2=O)cc1. The van der Waals surface area contributed by atoms with Gasteiger partial charge in [-0.2, -0.15) is 0 Å². The summed E-state index contributed by atoms with van der Waals surface area (Å²) in [6.45, 7) is 2.11. The lowest BCUT2D eigenvalue weighted by Gasteiger charge is -2.50. The van der Waals surface area contributed by atoms with Crippen molar-refractivity contribution in [2.75, 3.05) is 27.3 Å². The van der Waals surface area contributed by atoms with E-state index < -0.39 is 60.4 Å². The third kappa shape index (κ3) is 10.2. The average molecular weight is 677 g/mol. The molecular formula is C37H60N2O9. The Morgan fingerprint density at radius 1 is 0.688 bits per heavy atom. The highest BCUT2D eigenvalue weighted by molar-refractivity contribution is 6.19. The first-order chi connectivity index (χ1) is 23.1. The quantitative estimate of drug-likeness (QED) is 0.101. The van der Waals surface area contributed by atoms with Gasteiger partial charge in [-0.25, -0.2) is 4.79 Å². The minimum Gasteiger partial charge on any atom is -0.494 e. The number of unbranched alkanes of at least 4 members (excludes halogenated alkanes) is 15. The summed E-state index contributed by atoms with van der Waals surface area (Å²) in [7, 11) is 2.45. The molecule has 4 amide bonds. The number of aliphatic hydroxyl groups excluding tert-OH is 4. The highest BCUT2D eigenvalue weighted by atomic mass is 16.5. The van der Waals surface area contributed by atoms with Crippen LogP contribution < -0.4 is 4.74 Å². The number of imide groups is 2. The number of barbiturate groups is 1. The lowest BCUT2D eigenvalue weighted by Crippen LogP contribution is -2.73. The number of ether oxygens (including phenoxy) is 2. The van der Waals surface area contributed by atoms with Gasteiger partial charge in [0, 0.05) is 14.1 Å². The van der Waals surface area contributed by atoms with Crippen LogP contribution in [0.25, 0.3) is 0 Å². The zero-order chi connectivity index (χ0) is 35.1. The van der Waals surface area contributed by atoms with Crippen LogP contribution in [0.15, 0.2) is 24.3 Å². The maximum atomic E-state index is 13.7. The van der Waals surface area contributed by atoms with E-state index >= 15 is 0 Å². The fraction of sp³-hybridized carbons (Fsp3) is 0.757. The van der Waals surface area contributed by atoms with Gasteiger partial charge in [-0.1, -0.05) is 115 Å².